The summed E-state index contributed by atoms with van der Waals surface area (Å²) in [5, 5.41) is 0. The van der Waals surface area contributed by atoms with Gasteiger partial charge in [0.05, 0.1) is 0 Å². The number of hydrogen-bond acceptors (Lipinski definition) is 3. The first-order valence-electron chi connectivity index (χ1n) is 6.99. The van der Waals surface area contributed by atoms with Gasteiger partial charge in [0.15, 0.2) is 11.6 Å². The number of benzene rings is 2. The molecule has 3 nitrogen and oxygen atoms in total. The van der Waals surface area contributed by atoms with E-state index in [1.54, 1.807) is 48.8 Å². The summed E-state index contributed by atoms with van der Waals surface area (Å²) < 4.78 is 0. The third-order valence-corrected chi connectivity index (χ3v) is 3.93. The first kappa shape index (κ1) is 12.7. The fraction of sp³-hybridized carbons (Fsp3) is 0. The molecular formula is C19H11NO2. The molecule has 0 atom stereocenters. The van der Waals surface area contributed by atoms with Crippen molar-refractivity contribution in [1.82, 2.24) is 4.98 Å². The predicted molar refractivity (Wildman–Crippen MR) is 83.0 cm³/mol. The molecule has 4 rings (SSSR count). The van der Waals surface area contributed by atoms with Crippen LogP contribution in [0.2, 0.25) is 0 Å². The molecule has 0 bridgehead atoms. The van der Waals surface area contributed by atoms with Crippen molar-refractivity contribution in [2.24, 2.45) is 0 Å². The molecule has 0 N–H and O–H groups in total. The number of hydrogen-bond donors (Lipinski definition) is 0. The molecule has 0 unspecified atom stereocenters. The molecule has 0 spiro atoms. The van der Waals surface area contributed by atoms with Gasteiger partial charge in [0.2, 0.25) is 0 Å². The number of ketones is 2. The Morgan fingerprint density at radius 2 is 1.32 bits per heavy atom. The summed E-state index contributed by atoms with van der Waals surface area (Å²) in [6.07, 6.45) is 3.38. The molecule has 1 aliphatic rings. The molecule has 2 aromatic carbocycles. The van der Waals surface area contributed by atoms with Crippen molar-refractivity contribution in [3.05, 3.63) is 89.2 Å². The van der Waals surface area contributed by atoms with Crippen LogP contribution in [0.5, 0.6) is 0 Å². The van der Waals surface area contributed by atoms with Crippen LogP contribution in [0.1, 0.15) is 31.8 Å². The van der Waals surface area contributed by atoms with E-state index in [1.165, 1.54) is 0 Å². The minimum absolute atomic E-state index is 0.101. The number of carbonyl (C=O) groups is 2. The van der Waals surface area contributed by atoms with Crippen LogP contribution in [0.15, 0.2) is 67.0 Å². The fourth-order valence-corrected chi connectivity index (χ4v) is 2.91. The Kier molecular flexibility index (Phi) is 2.73. The molecule has 0 fully saturated rings. The zero-order valence-electron chi connectivity index (χ0n) is 11.6. The van der Waals surface area contributed by atoms with Gasteiger partial charge >= 0.3 is 0 Å². The van der Waals surface area contributed by atoms with Crippen molar-refractivity contribution in [2.45, 2.75) is 0 Å². The summed E-state index contributed by atoms with van der Waals surface area (Å²) in [7, 11) is 0. The molecule has 1 aromatic heterocycles. The van der Waals surface area contributed by atoms with E-state index in [0.717, 1.165) is 11.1 Å². The highest BCUT2D eigenvalue weighted by Gasteiger charge is 2.31. The van der Waals surface area contributed by atoms with Crippen molar-refractivity contribution in [3.8, 4) is 11.1 Å². The van der Waals surface area contributed by atoms with E-state index in [0.29, 0.717) is 22.3 Å². The molecule has 0 saturated carbocycles. The Balaban J connectivity index is 2.02. The Bertz CT molecular complexity index is 914. The number of pyridine rings is 1. The Hall–Kier alpha value is -3.07. The molecule has 3 heteroatoms. The standard InChI is InChI=1S/C19H11NO2/c21-18-14-6-1-2-7-15(14)19(22)17-13(8-3-9-16(17)18)12-5-4-10-20-11-12/h1-11H. The van der Waals surface area contributed by atoms with E-state index in [4.69, 9.17) is 0 Å². The number of carbonyl (C=O) groups excluding carboxylic acids is 2. The minimum atomic E-state index is -0.107. The molecular weight excluding hydrogens is 274 g/mol. The lowest BCUT2D eigenvalue weighted by atomic mass is 9.81. The summed E-state index contributed by atoms with van der Waals surface area (Å²) in [6, 6.07) is 16.1. The Morgan fingerprint density at radius 1 is 0.636 bits per heavy atom. The zero-order valence-corrected chi connectivity index (χ0v) is 11.6. The monoisotopic (exact) mass is 285 g/mol. The molecule has 0 aliphatic heterocycles. The molecule has 22 heavy (non-hydrogen) atoms. The fourth-order valence-electron chi connectivity index (χ4n) is 2.91. The number of rotatable bonds is 1. The summed E-state index contributed by atoms with van der Waals surface area (Å²) in [6.45, 7) is 0. The van der Waals surface area contributed by atoms with Gasteiger partial charge in [-0.25, -0.2) is 0 Å². The normalized spacial score (nSPS) is 12.7. The van der Waals surface area contributed by atoms with Crippen molar-refractivity contribution < 1.29 is 9.59 Å². The van der Waals surface area contributed by atoms with Crippen LogP contribution in [0, 0.1) is 0 Å². The topological polar surface area (TPSA) is 47.0 Å². The van der Waals surface area contributed by atoms with Gasteiger partial charge in [-0.05, 0) is 11.6 Å². The average Bonchev–Trinajstić information content (AvgIpc) is 2.60. The highest BCUT2D eigenvalue weighted by molar-refractivity contribution is 6.30. The third kappa shape index (κ3) is 1.72. The maximum atomic E-state index is 12.9. The molecule has 0 amide bonds. The Labute approximate surface area is 127 Å². The van der Waals surface area contributed by atoms with E-state index in [1.807, 2.05) is 18.2 Å². The zero-order chi connectivity index (χ0) is 15.1. The summed E-state index contributed by atoms with van der Waals surface area (Å²) in [5.41, 5.74) is 3.46. The van der Waals surface area contributed by atoms with Gasteiger partial charge in [0, 0.05) is 40.2 Å². The van der Waals surface area contributed by atoms with Gasteiger partial charge in [0.25, 0.3) is 0 Å². The second-order valence-corrected chi connectivity index (χ2v) is 5.17. The van der Waals surface area contributed by atoms with Crippen LogP contribution in [-0.4, -0.2) is 16.6 Å². The lowest BCUT2D eigenvalue weighted by Crippen LogP contribution is -2.21. The van der Waals surface area contributed by atoms with Crippen LogP contribution in [0.3, 0.4) is 0 Å². The van der Waals surface area contributed by atoms with E-state index >= 15 is 0 Å². The predicted octanol–water partition coefficient (Wildman–Crippen LogP) is 3.52. The number of fused-ring (bicyclic) bond motifs is 2. The lowest BCUT2D eigenvalue weighted by molar-refractivity contribution is 0.0979. The summed E-state index contributed by atoms with van der Waals surface area (Å²) in [4.78, 5) is 29.6. The van der Waals surface area contributed by atoms with E-state index in [9.17, 15) is 9.59 Å². The van der Waals surface area contributed by atoms with Gasteiger partial charge in [-0.3, -0.25) is 14.6 Å². The van der Waals surface area contributed by atoms with Crippen molar-refractivity contribution in [3.63, 3.8) is 0 Å². The number of nitrogens with zero attached hydrogens (tertiary/aromatic N) is 1. The van der Waals surface area contributed by atoms with Crippen molar-refractivity contribution >= 4 is 11.6 Å². The Morgan fingerprint density at radius 3 is 2.05 bits per heavy atom. The molecule has 0 saturated heterocycles. The third-order valence-electron chi connectivity index (χ3n) is 3.93. The summed E-state index contributed by atoms with van der Waals surface area (Å²) >= 11 is 0. The lowest BCUT2D eigenvalue weighted by Gasteiger charge is -2.20. The average molecular weight is 285 g/mol. The van der Waals surface area contributed by atoms with Crippen LogP contribution in [-0.2, 0) is 0 Å². The van der Waals surface area contributed by atoms with E-state index < -0.39 is 0 Å². The first-order chi connectivity index (χ1) is 10.8. The smallest absolute Gasteiger partial charge is 0.195 e. The number of aromatic nitrogens is 1. The first-order valence-corrected chi connectivity index (χ1v) is 6.99. The van der Waals surface area contributed by atoms with Gasteiger partial charge in [0.1, 0.15) is 0 Å². The molecule has 104 valence electrons. The van der Waals surface area contributed by atoms with Gasteiger partial charge < -0.3 is 0 Å². The molecule has 1 heterocycles. The van der Waals surface area contributed by atoms with Crippen molar-refractivity contribution in [2.75, 3.05) is 0 Å². The highest BCUT2D eigenvalue weighted by Crippen LogP contribution is 2.33. The van der Waals surface area contributed by atoms with Crippen LogP contribution in [0.4, 0.5) is 0 Å². The maximum Gasteiger partial charge on any atom is 0.195 e. The van der Waals surface area contributed by atoms with Gasteiger partial charge in [-0.2, -0.15) is 0 Å². The van der Waals surface area contributed by atoms with Crippen molar-refractivity contribution in [1.29, 1.82) is 0 Å². The quantitative estimate of drug-likeness (QED) is 0.537. The highest BCUT2D eigenvalue weighted by atomic mass is 16.1. The van der Waals surface area contributed by atoms with Crippen LogP contribution >= 0.6 is 0 Å². The largest absolute Gasteiger partial charge is 0.289 e. The van der Waals surface area contributed by atoms with Crippen LogP contribution in [0.25, 0.3) is 11.1 Å². The SMILES string of the molecule is O=C1c2ccccc2C(=O)c2c1cccc2-c1cccnc1. The van der Waals surface area contributed by atoms with Gasteiger partial charge in [-0.1, -0.05) is 48.5 Å². The maximum absolute atomic E-state index is 12.9. The molecule has 0 radical (unpaired) electrons. The molecule has 1 aliphatic carbocycles. The van der Waals surface area contributed by atoms with E-state index in [2.05, 4.69) is 4.98 Å². The minimum Gasteiger partial charge on any atom is -0.289 e. The van der Waals surface area contributed by atoms with E-state index in [-0.39, 0.29) is 11.6 Å². The van der Waals surface area contributed by atoms with Crippen LogP contribution < -0.4 is 0 Å². The second-order valence-electron chi connectivity index (χ2n) is 5.17. The molecule has 3 aromatic rings. The second kappa shape index (κ2) is 4.74. The van der Waals surface area contributed by atoms with Gasteiger partial charge in [-0.15, -0.1) is 0 Å². The summed E-state index contributed by atoms with van der Waals surface area (Å²) in [5.74, 6) is -0.208.